The van der Waals surface area contributed by atoms with E-state index in [1.165, 1.54) is 51.0 Å². The van der Waals surface area contributed by atoms with Gasteiger partial charge in [0.1, 0.15) is 0 Å². The second-order valence-electron chi connectivity index (χ2n) is 14.0. The number of rotatable bonds is 15. The fraction of sp³-hybridized carbons (Fsp3) is 0.422. The van der Waals surface area contributed by atoms with Crippen LogP contribution >= 0.6 is 0 Å². The minimum absolute atomic E-state index is 0.251. The first-order valence-electron chi connectivity index (χ1n) is 16.9. The van der Waals surface area contributed by atoms with Gasteiger partial charge < -0.3 is 0 Å². The summed E-state index contributed by atoms with van der Waals surface area (Å²) in [5.74, 6) is 1.15. The van der Waals surface area contributed by atoms with Gasteiger partial charge >= 0.3 is 0 Å². The molecule has 2 atom stereocenters. The second kappa shape index (κ2) is 21.4. The maximum atomic E-state index is 2.46. The number of hydrogen-bond acceptors (Lipinski definition) is 0. The molecule has 0 nitrogen and oxygen atoms in total. The highest BCUT2D eigenvalue weighted by Crippen LogP contribution is 2.47. The third-order valence-electron chi connectivity index (χ3n) is 8.53. The summed E-state index contributed by atoms with van der Waals surface area (Å²) in [4.78, 5) is 0. The van der Waals surface area contributed by atoms with Crippen molar-refractivity contribution in [2.24, 2.45) is 17.3 Å². The molecule has 0 aromatic heterocycles. The third kappa shape index (κ3) is 17.6. The van der Waals surface area contributed by atoms with Crippen molar-refractivity contribution in [2.75, 3.05) is 0 Å². The van der Waals surface area contributed by atoms with Crippen LogP contribution in [0.2, 0.25) is 0 Å². The quantitative estimate of drug-likeness (QED) is 0.129. The lowest BCUT2D eigenvalue weighted by atomic mass is 9.61. The molecule has 0 fully saturated rings. The highest BCUT2D eigenvalue weighted by atomic mass is 14.4. The summed E-state index contributed by atoms with van der Waals surface area (Å²) in [6.07, 6.45) is 44.5. The zero-order valence-electron chi connectivity index (χ0n) is 30.9. The fourth-order valence-corrected chi connectivity index (χ4v) is 5.40. The van der Waals surface area contributed by atoms with Crippen molar-refractivity contribution in [1.82, 2.24) is 0 Å². The van der Waals surface area contributed by atoms with Crippen molar-refractivity contribution in [3.05, 3.63) is 154 Å². The third-order valence-corrected chi connectivity index (χ3v) is 8.53. The Morgan fingerprint density at radius 1 is 0.644 bits per heavy atom. The topological polar surface area (TPSA) is 0 Å². The molecule has 0 aromatic rings. The maximum Gasteiger partial charge on any atom is 0.00313 e. The van der Waals surface area contributed by atoms with Crippen LogP contribution < -0.4 is 0 Å². The molecule has 1 rings (SSSR count). The van der Waals surface area contributed by atoms with E-state index in [2.05, 4.69) is 192 Å². The monoisotopic (exact) mass is 605 g/mol. The van der Waals surface area contributed by atoms with Crippen molar-refractivity contribution < 1.29 is 0 Å². The predicted molar refractivity (Wildman–Crippen MR) is 206 cm³/mol. The molecule has 0 spiro atoms. The van der Waals surface area contributed by atoms with Gasteiger partial charge in [0.05, 0.1) is 0 Å². The molecule has 1 aliphatic rings. The largest absolute Gasteiger partial charge is 0.0856 e. The van der Waals surface area contributed by atoms with Crippen molar-refractivity contribution in [2.45, 2.75) is 109 Å². The molecule has 0 aliphatic heterocycles. The second-order valence-corrected chi connectivity index (χ2v) is 14.0. The Morgan fingerprint density at radius 3 is 1.62 bits per heavy atom. The lowest BCUT2D eigenvalue weighted by Crippen LogP contribution is -2.35. The van der Waals surface area contributed by atoms with Gasteiger partial charge in [-0.1, -0.05) is 168 Å². The van der Waals surface area contributed by atoms with E-state index < -0.39 is 0 Å². The van der Waals surface area contributed by atoms with Crippen molar-refractivity contribution in [1.29, 1.82) is 0 Å². The summed E-state index contributed by atoms with van der Waals surface area (Å²) in [6, 6.07) is 0. The van der Waals surface area contributed by atoms with Gasteiger partial charge in [-0.05, 0) is 106 Å². The molecule has 0 N–H and O–H groups in total. The fourth-order valence-electron chi connectivity index (χ4n) is 5.40. The Hall–Kier alpha value is -3.38. The van der Waals surface area contributed by atoms with E-state index in [4.69, 9.17) is 0 Å². The molecule has 0 amide bonds. The molecule has 0 aromatic carbocycles. The van der Waals surface area contributed by atoms with Crippen molar-refractivity contribution >= 4 is 0 Å². The first-order valence-corrected chi connectivity index (χ1v) is 16.9. The summed E-state index contributed by atoms with van der Waals surface area (Å²) in [5, 5.41) is 0. The summed E-state index contributed by atoms with van der Waals surface area (Å²) in [5.41, 5.74) is 10.9. The molecular weight excluding hydrogens is 540 g/mol. The highest BCUT2D eigenvalue weighted by molar-refractivity contribution is 5.33. The van der Waals surface area contributed by atoms with Gasteiger partial charge in [-0.15, -0.1) is 0 Å². The van der Waals surface area contributed by atoms with Crippen LogP contribution in [-0.4, -0.2) is 0 Å². The van der Waals surface area contributed by atoms with Crippen molar-refractivity contribution in [3.8, 4) is 0 Å². The number of allylic oxidation sites excluding steroid dienone is 26. The zero-order chi connectivity index (χ0) is 33.8. The van der Waals surface area contributed by atoms with Crippen LogP contribution in [0, 0.1) is 17.3 Å². The van der Waals surface area contributed by atoms with Crippen LogP contribution in [0.4, 0.5) is 0 Å². The Morgan fingerprint density at radius 2 is 1.11 bits per heavy atom. The molecule has 244 valence electrons. The molecule has 0 bridgehead atoms. The predicted octanol–water partition coefficient (Wildman–Crippen LogP) is 14.2. The van der Waals surface area contributed by atoms with E-state index in [0.29, 0.717) is 11.8 Å². The lowest BCUT2D eigenvalue weighted by molar-refractivity contribution is 0.154. The van der Waals surface area contributed by atoms with Gasteiger partial charge in [0.15, 0.2) is 0 Å². The van der Waals surface area contributed by atoms with Crippen LogP contribution in [0.25, 0.3) is 0 Å². The van der Waals surface area contributed by atoms with Gasteiger partial charge in [-0.3, -0.25) is 0 Å². The van der Waals surface area contributed by atoms with Crippen LogP contribution in [0.5, 0.6) is 0 Å². The van der Waals surface area contributed by atoms with E-state index in [1.54, 1.807) is 0 Å². The average Bonchev–Trinajstić information content (AvgIpc) is 2.94. The SMILES string of the molecule is CC(C)=CCC/C(C)=C/C=C/C(C)=C/C=C/C(C)=C/C=C/C=C(C)/C=C/C=C(C)/C=C/C1C(C)=CCC(CC=C(C)C)C1(C)C. The summed E-state index contributed by atoms with van der Waals surface area (Å²) >= 11 is 0. The van der Waals surface area contributed by atoms with E-state index in [9.17, 15) is 0 Å². The summed E-state index contributed by atoms with van der Waals surface area (Å²) in [6.45, 7) is 26.7. The molecule has 45 heavy (non-hydrogen) atoms. The first-order chi connectivity index (χ1) is 21.2. The number of hydrogen-bond donors (Lipinski definition) is 0. The molecule has 1 aliphatic carbocycles. The first kappa shape index (κ1) is 39.6. The van der Waals surface area contributed by atoms with Crippen LogP contribution in [-0.2, 0) is 0 Å². The lowest BCUT2D eigenvalue weighted by Gasteiger charge is -2.43. The molecule has 0 saturated heterocycles. The van der Waals surface area contributed by atoms with Gasteiger partial charge in [-0.25, -0.2) is 0 Å². The maximum absolute atomic E-state index is 2.46. The minimum atomic E-state index is 0.251. The smallest absolute Gasteiger partial charge is 0.00313 e. The summed E-state index contributed by atoms with van der Waals surface area (Å²) < 4.78 is 0. The van der Waals surface area contributed by atoms with Crippen LogP contribution in [0.1, 0.15) is 109 Å². The minimum Gasteiger partial charge on any atom is -0.0856 e. The van der Waals surface area contributed by atoms with Gasteiger partial charge in [0.25, 0.3) is 0 Å². The molecule has 0 heterocycles. The van der Waals surface area contributed by atoms with Gasteiger partial charge in [-0.2, -0.15) is 0 Å². The van der Waals surface area contributed by atoms with Gasteiger partial charge in [0.2, 0.25) is 0 Å². The Bertz CT molecular complexity index is 1330. The van der Waals surface area contributed by atoms with E-state index >= 15 is 0 Å². The van der Waals surface area contributed by atoms with Crippen molar-refractivity contribution in [3.63, 3.8) is 0 Å². The van der Waals surface area contributed by atoms with E-state index in [-0.39, 0.29) is 5.41 Å². The molecule has 2 unspecified atom stereocenters. The van der Waals surface area contributed by atoms with Crippen LogP contribution in [0.3, 0.4) is 0 Å². The van der Waals surface area contributed by atoms with Crippen LogP contribution in [0.15, 0.2) is 154 Å². The Kier molecular flexibility index (Phi) is 18.8. The Balaban J connectivity index is 2.66. The zero-order valence-corrected chi connectivity index (χ0v) is 30.9. The Labute approximate surface area is 279 Å². The van der Waals surface area contributed by atoms with E-state index in [1.807, 2.05) is 0 Å². The normalized spacial score (nSPS) is 20.7. The molecular formula is C45H64. The van der Waals surface area contributed by atoms with E-state index in [0.717, 1.165) is 19.3 Å². The highest BCUT2D eigenvalue weighted by Gasteiger charge is 2.38. The van der Waals surface area contributed by atoms with Gasteiger partial charge in [0, 0.05) is 5.92 Å². The average molecular weight is 605 g/mol. The summed E-state index contributed by atoms with van der Waals surface area (Å²) in [7, 11) is 0. The molecule has 0 heteroatoms. The standard InChI is InChI=1S/C45H64/c1-35(2)19-15-22-39(7)25-17-27-40(8)26-16-23-37(5)20-13-14-21-38(6)24-18-28-41(9)30-34-44-42(10)31-33-43(45(44,11)12)32-29-36(3)4/h13-14,16-21,23-31,34,43-44H,15,22,32-33H2,1-12H3/b14-13+,23-16+,24-18+,27-17+,34-30+,37-20+,38-21+,39-25+,40-26+,41-28+. The molecule has 0 radical (unpaired) electrons. The molecule has 0 saturated carbocycles.